The molecule has 1 aliphatic heterocycles. The molecule has 0 aliphatic carbocycles. The smallest absolute Gasteiger partial charge is 0.255 e. The predicted octanol–water partition coefficient (Wildman–Crippen LogP) is 3.82. The van der Waals surface area contributed by atoms with Crippen molar-refractivity contribution in [2.45, 2.75) is 6.54 Å². The fourth-order valence-electron chi connectivity index (χ4n) is 3.87. The zero-order chi connectivity index (χ0) is 21.8. The summed E-state index contributed by atoms with van der Waals surface area (Å²) in [5, 5.41) is 3.52. The van der Waals surface area contributed by atoms with E-state index in [-0.39, 0.29) is 5.91 Å². The zero-order valence-corrected chi connectivity index (χ0v) is 18.6. The SMILES string of the molecule is COc1cc(-n2cccc2)c(Cl)cc1C(=O)NCc1ccccc1N1CCN(C)CC1. The van der Waals surface area contributed by atoms with Gasteiger partial charge in [-0.3, -0.25) is 4.79 Å². The zero-order valence-electron chi connectivity index (χ0n) is 17.8. The van der Waals surface area contributed by atoms with Gasteiger partial charge in [-0.05, 0) is 36.9 Å². The van der Waals surface area contributed by atoms with Gasteiger partial charge in [0.05, 0.1) is 23.4 Å². The van der Waals surface area contributed by atoms with Crippen LogP contribution in [0.15, 0.2) is 60.9 Å². The second kappa shape index (κ2) is 9.45. The highest BCUT2D eigenvalue weighted by Crippen LogP contribution is 2.30. The molecule has 7 heteroatoms. The van der Waals surface area contributed by atoms with Gasteiger partial charge in [0.2, 0.25) is 0 Å². The summed E-state index contributed by atoms with van der Waals surface area (Å²) >= 11 is 6.48. The summed E-state index contributed by atoms with van der Waals surface area (Å²) in [6.07, 6.45) is 3.80. The van der Waals surface area contributed by atoms with Crippen LogP contribution in [0.3, 0.4) is 0 Å². The summed E-state index contributed by atoms with van der Waals surface area (Å²) in [6.45, 7) is 4.45. The molecule has 0 radical (unpaired) electrons. The van der Waals surface area contributed by atoms with Gasteiger partial charge < -0.3 is 24.4 Å². The van der Waals surface area contributed by atoms with Crippen molar-refractivity contribution in [1.29, 1.82) is 0 Å². The number of likely N-dealkylation sites (N-methyl/N-ethyl adjacent to an activating group) is 1. The van der Waals surface area contributed by atoms with E-state index in [0.29, 0.717) is 22.9 Å². The molecule has 3 aromatic rings. The van der Waals surface area contributed by atoms with E-state index < -0.39 is 0 Å². The van der Waals surface area contributed by atoms with E-state index in [2.05, 4.69) is 34.3 Å². The summed E-state index contributed by atoms with van der Waals surface area (Å²) in [6, 6.07) is 15.5. The lowest BCUT2D eigenvalue weighted by Crippen LogP contribution is -2.45. The number of rotatable bonds is 6. The first-order valence-corrected chi connectivity index (χ1v) is 10.7. The summed E-state index contributed by atoms with van der Waals surface area (Å²) in [7, 11) is 3.70. The average molecular weight is 439 g/mol. The topological polar surface area (TPSA) is 49.7 Å². The van der Waals surface area contributed by atoms with Crippen LogP contribution in [0, 0.1) is 0 Å². The summed E-state index contributed by atoms with van der Waals surface area (Å²) < 4.78 is 7.38. The number of amides is 1. The second-order valence-corrected chi connectivity index (χ2v) is 8.10. The molecule has 0 atom stereocenters. The average Bonchev–Trinajstić information content (AvgIpc) is 3.33. The number of methoxy groups -OCH3 is 1. The Morgan fingerprint density at radius 2 is 1.74 bits per heavy atom. The third-order valence-corrected chi connectivity index (χ3v) is 5.97. The van der Waals surface area contributed by atoms with Gasteiger partial charge in [-0.15, -0.1) is 0 Å². The van der Waals surface area contributed by atoms with Gasteiger partial charge in [0, 0.05) is 56.9 Å². The molecule has 1 amide bonds. The van der Waals surface area contributed by atoms with Crippen LogP contribution in [0.5, 0.6) is 5.75 Å². The first kappa shape index (κ1) is 21.3. The molecular weight excluding hydrogens is 412 g/mol. The van der Waals surface area contributed by atoms with Crippen LogP contribution in [-0.2, 0) is 6.54 Å². The lowest BCUT2D eigenvalue weighted by molar-refractivity contribution is 0.0948. The van der Waals surface area contributed by atoms with E-state index in [0.717, 1.165) is 37.4 Å². The molecule has 0 bridgehead atoms. The van der Waals surface area contributed by atoms with Crippen molar-refractivity contribution in [3.8, 4) is 11.4 Å². The molecule has 1 aliphatic rings. The third-order valence-electron chi connectivity index (χ3n) is 5.67. The maximum atomic E-state index is 13.0. The number of piperazine rings is 1. The highest BCUT2D eigenvalue weighted by atomic mass is 35.5. The summed E-state index contributed by atoms with van der Waals surface area (Å²) in [5.74, 6) is 0.268. The number of hydrogen-bond acceptors (Lipinski definition) is 4. The van der Waals surface area contributed by atoms with Crippen molar-refractivity contribution >= 4 is 23.2 Å². The number of nitrogens with zero attached hydrogens (tertiary/aromatic N) is 3. The van der Waals surface area contributed by atoms with Crippen molar-refractivity contribution in [2.24, 2.45) is 0 Å². The summed E-state index contributed by atoms with van der Waals surface area (Å²) in [5.41, 5.74) is 3.44. The van der Waals surface area contributed by atoms with Gasteiger partial charge in [-0.2, -0.15) is 0 Å². The number of nitrogens with one attached hydrogen (secondary N) is 1. The van der Waals surface area contributed by atoms with Crippen LogP contribution < -0.4 is 15.0 Å². The van der Waals surface area contributed by atoms with E-state index in [4.69, 9.17) is 16.3 Å². The van der Waals surface area contributed by atoms with Crippen LogP contribution in [0.2, 0.25) is 5.02 Å². The number of anilines is 1. The van der Waals surface area contributed by atoms with Gasteiger partial charge in [-0.25, -0.2) is 0 Å². The molecular formula is C24H27ClN4O2. The quantitative estimate of drug-likeness (QED) is 0.635. The first-order chi connectivity index (χ1) is 15.1. The molecule has 0 unspecified atom stereocenters. The molecule has 2 aromatic carbocycles. The summed E-state index contributed by atoms with van der Waals surface area (Å²) in [4.78, 5) is 17.7. The Balaban J connectivity index is 1.52. The first-order valence-electron chi connectivity index (χ1n) is 10.4. The number of hydrogen-bond donors (Lipinski definition) is 1. The van der Waals surface area contributed by atoms with Gasteiger partial charge in [0.25, 0.3) is 5.91 Å². The van der Waals surface area contributed by atoms with Crippen LogP contribution >= 0.6 is 11.6 Å². The van der Waals surface area contributed by atoms with Crippen LogP contribution in [0.25, 0.3) is 5.69 Å². The third kappa shape index (κ3) is 4.70. The number of benzene rings is 2. The number of carbonyl (C=O) groups is 1. The Morgan fingerprint density at radius 1 is 1.03 bits per heavy atom. The molecule has 4 rings (SSSR count). The molecule has 31 heavy (non-hydrogen) atoms. The maximum Gasteiger partial charge on any atom is 0.255 e. The lowest BCUT2D eigenvalue weighted by atomic mass is 10.1. The number of carbonyl (C=O) groups excluding carboxylic acids is 1. The minimum Gasteiger partial charge on any atom is -0.496 e. The van der Waals surface area contributed by atoms with E-state index in [1.165, 1.54) is 5.69 Å². The van der Waals surface area contributed by atoms with Crippen LogP contribution in [-0.4, -0.2) is 55.7 Å². The Hall–Kier alpha value is -2.96. The van der Waals surface area contributed by atoms with E-state index in [1.807, 2.05) is 41.2 Å². The predicted molar refractivity (Wildman–Crippen MR) is 125 cm³/mol. The molecule has 0 saturated carbocycles. The molecule has 1 aromatic heterocycles. The largest absolute Gasteiger partial charge is 0.496 e. The van der Waals surface area contributed by atoms with Crippen molar-refractivity contribution in [3.05, 3.63) is 77.1 Å². The number of ether oxygens (including phenoxy) is 1. The Bertz CT molecular complexity index is 1040. The monoisotopic (exact) mass is 438 g/mol. The van der Waals surface area contributed by atoms with Crippen molar-refractivity contribution in [1.82, 2.24) is 14.8 Å². The normalized spacial score (nSPS) is 14.5. The minimum atomic E-state index is -0.217. The van der Waals surface area contributed by atoms with Crippen molar-refractivity contribution in [2.75, 3.05) is 45.2 Å². The van der Waals surface area contributed by atoms with E-state index in [1.54, 1.807) is 19.2 Å². The number of aromatic nitrogens is 1. The van der Waals surface area contributed by atoms with Gasteiger partial charge in [0.15, 0.2) is 0 Å². The van der Waals surface area contributed by atoms with Gasteiger partial charge >= 0.3 is 0 Å². The second-order valence-electron chi connectivity index (χ2n) is 7.70. The Morgan fingerprint density at radius 3 is 2.45 bits per heavy atom. The Labute approximate surface area is 188 Å². The number of halogens is 1. The maximum absolute atomic E-state index is 13.0. The van der Waals surface area contributed by atoms with Crippen LogP contribution in [0.1, 0.15) is 15.9 Å². The standard InChI is InChI=1S/C24H27ClN4O2/c1-27-11-13-29(14-12-27)21-8-4-3-7-18(21)17-26-24(30)19-15-20(25)22(16-23(19)31-2)28-9-5-6-10-28/h3-10,15-16H,11-14,17H2,1-2H3,(H,26,30). The van der Waals surface area contributed by atoms with E-state index in [9.17, 15) is 4.79 Å². The van der Waals surface area contributed by atoms with Gasteiger partial charge in [-0.1, -0.05) is 29.8 Å². The molecule has 1 saturated heterocycles. The number of para-hydroxylation sites is 1. The molecule has 6 nitrogen and oxygen atoms in total. The highest BCUT2D eigenvalue weighted by molar-refractivity contribution is 6.33. The molecule has 2 heterocycles. The minimum absolute atomic E-state index is 0.217. The molecule has 0 spiro atoms. The fraction of sp³-hybridized carbons (Fsp3) is 0.292. The highest BCUT2D eigenvalue weighted by Gasteiger charge is 2.19. The Kier molecular flexibility index (Phi) is 6.49. The van der Waals surface area contributed by atoms with Crippen LogP contribution in [0.4, 0.5) is 5.69 Å². The van der Waals surface area contributed by atoms with E-state index >= 15 is 0 Å². The van der Waals surface area contributed by atoms with Crippen molar-refractivity contribution in [3.63, 3.8) is 0 Å². The molecule has 1 N–H and O–H groups in total. The molecule has 162 valence electrons. The van der Waals surface area contributed by atoms with Crippen molar-refractivity contribution < 1.29 is 9.53 Å². The van der Waals surface area contributed by atoms with Gasteiger partial charge in [0.1, 0.15) is 5.75 Å². The fourth-order valence-corrected chi connectivity index (χ4v) is 4.13. The lowest BCUT2D eigenvalue weighted by Gasteiger charge is -2.35. The molecule has 1 fully saturated rings.